The molecule has 0 spiro atoms. The lowest BCUT2D eigenvalue weighted by Crippen LogP contribution is -2.75. The minimum Gasteiger partial charge on any atom is -0.299 e. The molecule has 5 unspecified atom stereocenters. The van der Waals surface area contributed by atoms with Gasteiger partial charge in [0.25, 0.3) is 0 Å². The van der Waals surface area contributed by atoms with E-state index < -0.39 is 0 Å². The summed E-state index contributed by atoms with van der Waals surface area (Å²) in [4.78, 5) is 2.81. The quantitative estimate of drug-likeness (QED) is 0.688. The first-order valence-electron chi connectivity index (χ1n) is 8.65. The van der Waals surface area contributed by atoms with Crippen molar-refractivity contribution in [2.24, 2.45) is 16.7 Å². The van der Waals surface area contributed by atoms with Gasteiger partial charge < -0.3 is 0 Å². The van der Waals surface area contributed by atoms with Crippen molar-refractivity contribution in [2.45, 2.75) is 58.9 Å². The molecule has 1 aromatic rings. The topological polar surface area (TPSA) is 3.24 Å². The summed E-state index contributed by atoms with van der Waals surface area (Å²) < 4.78 is 0. The van der Waals surface area contributed by atoms with Gasteiger partial charge in [-0.25, -0.2) is 0 Å². The van der Waals surface area contributed by atoms with Crippen LogP contribution in [0.3, 0.4) is 0 Å². The molecule has 4 rings (SSSR count). The molecule has 1 nitrogen and oxygen atoms in total. The van der Waals surface area contributed by atoms with E-state index in [1.54, 1.807) is 11.1 Å². The summed E-state index contributed by atoms with van der Waals surface area (Å²) in [5.41, 5.74) is 4.32. The van der Waals surface area contributed by atoms with Gasteiger partial charge in [-0.1, -0.05) is 58.9 Å². The first kappa shape index (κ1) is 13.8. The predicted molar refractivity (Wildman–Crippen MR) is 88.5 cm³/mol. The van der Waals surface area contributed by atoms with Crippen LogP contribution in [0.4, 0.5) is 0 Å². The molecule has 3 aliphatic rings. The molecular weight excluding hydrogens is 254 g/mol. The van der Waals surface area contributed by atoms with Crippen LogP contribution < -0.4 is 0 Å². The number of hydrogen-bond acceptors (Lipinski definition) is 1. The number of piperidine rings is 2. The molecular formula is C20H29N. The van der Waals surface area contributed by atoms with Gasteiger partial charge in [0.1, 0.15) is 0 Å². The van der Waals surface area contributed by atoms with Crippen LogP contribution in [0.5, 0.6) is 0 Å². The summed E-state index contributed by atoms with van der Waals surface area (Å²) in [6.07, 6.45) is 2.59. The van der Waals surface area contributed by atoms with E-state index in [9.17, 15) is 0 Å². The maximum absolute atomic E-state index is 2.81. The molecule has 1 aliphatic carbocycles. The highest BCUT2D eigenvalue weighted by Crippen LogP contribution is 2.67. The molecule has 4 bridgehead atoms. The van der Waals surface area contributed by atoms with Gasteiger partial charge in [0.05, 0.1) is 0 Å². The van der Waals surface area contributed by atoms with Gasteiger partial charge in [-0.05, 0) is 47.3 Å². The predicted octanol–water partition coefficient (Wildman–Crippen LogP) is 4.26. The Hall–Kier alpha value is -0.820. The highest BCUT2D eigenvalue weighted by atomic mass is 15.2. The van der Waals surface area contributed by atoms with E-state index in [1.165, 1.54) is 25.9 Å². The van der Waals surface area contributed by atoms with Gasteiger partial charge >= 0.3 is 0 Å². The Bertz CT molecular complexity index is 589. The van der Waals surface area contributed by atoms with Gasteiger partial charge in [-0.2, -0.15) is 0 Å². The second-order valence-electron chi connectivity index (χ2n) is 8.81. The van der Waals surface area contributed by atoms with Gasteiger partial charge in [0, 0.05) is 18.0 Å². The first-order valence-corrected chi connectivity index (χ1v) is 8.65. The maximum atomic E-state index is 2.81. The first-order chi connectivity index (χ1) is 9.82. The lowest BCUT2D eigenvalue weighted by molar-refractivity contribution is -0.182. The lowest BCUT2D eigenvalue weighted by atomic mass is 9.38. The maximum Gasteiger partial charge on any atom is 0.0203 e. The Kier molecular flexibility index (Phi) is 2.58. The summed E-state index contributed by atoms with van der Waals surface area (Å²) in [6, 6.07) is 10.0. The fourth-order valence-corrected chi connectivity index (χ4v) is 6.26. The van der Waals surface area contributed by atoms with Crippen LogP contribution in [0.2, 0.25) is 0 Å². The van der Waals surface area contributed by atoms with Crippen molar-refractivity contribution in [3.05, 3.63) is 35.4 Å². The highest BCUT2D eigenvalue weighted by molar-refractivity contribution is 5.44. The summed E-state index contributed by atoms with van der Waals surface area (Å²) in [6.45, 7) is 15.3. The average Bonchev–Trinajstić information content (AvgIpc) is 2.44. The van der Waals surface area contributed by atoms with Crippen molar-refractivity contribution in [2.75, 3.05) is 13.1 Å². The van der Waals surface area contributed by atoms with E-state index in [4.69, 9.17) is 0 Å². The summed E-state index contributed by atoms with van der Waals surface area (Å²) in [5, 5.41) is 0. The van der Waals surface area contributed by atoms with E-state index in [-0.39, 0.29) is 0 Å². The smallest absolute Gasteiger partial charge is 0.0203 e. The van der Waals surface area contributed by atoms with E-state index >= 15 is 0 Å². The van der Waals surface area contributed by atoms with Crippen molar-refractivity contribution in [3.63, 3.8) is 0 Å². The largest absolute Gasteiger partial charge is 0.299 e. The van der Waals surface area contributed by atoms with E-state index in [2.05, 4.69) is 63.8 Å². The molecule has 114 valence electrons. The Balaban J connectivity index is 2.03. The van der Waals surface area contributed by atoms with Crippen LogP contribution in [0.25, 0.3) is 0 Å². The van der Waals surface area contributed by atoms with Crippen molar-refractivity contribution in [3.8, 4) is 0 Å². The molecule has 2 fully saturated rings. The fraction of sp³-hybridized carbons (Fsp3) is 0.700. The van der Waals surface area contributed by atoms with E-state index in [0.717, 1.165) is 12.0 Å². The molecule has 0 radical (unpaired) electrons. The lowest BCUT2D eigenvalue weighted by Gasteiger charge is -2.72. The van der Waals surface area contributed by atoms with Crippen molar-refractivity contribution < 1.29 is 0 Å². The second kappa shape index (κ2) is 3.93. The third-order valence-corrected chi connectivity index (χ3v) is 8.10. The summed E-state index contributed by atoms with van der Waals surface area (Å²) in [5.74, 6) is 0.722. The Labute approximate surface area is 129 Å². The van der Waals surface area contributed by atoms with Crippen LogP contribution in [-0.2, 0) is 11.8 Å². The molecule has 0 N–H and O–H groups in total. The molecule has 0 aromatic heterocycles. The molecule has 21 heavy (non-hydrogen) atoms. The minimum atomic E-state index is 0.299. The molecule has 0 saturated carbocycles. The van der Waals surface area contributed by atoms with E-state index in [1.807, 2.05) is 0 Å². The number of nitrogens with zero attached hydrogens (tertiary/aromatic N) is 1. The zero-order valence-electron chi connectivity index (χ0n) is 14.2. The van der Waals surface area contributed by atoms with Crippen LogP contribution >= 0.6 is 0 Å². The van der Waals surface area contributed by atoms with Gasteiger partial charge in [0.15, 0.2) is 0 Å². The molecule has 1 aromatic carbocycles. The van der Waals surface area contributed by atoms with Crippen LogP contribution in [0, 0.1) is 16.7 Å². The number of benzene rings is 1. The Morgan fingerprint density at radius 2 is 1.81 bits per heavy atom. The fourth-order valence-electron chi connectivity index (χ4n) is 6.26. The molecule has 2 saturated heterocycles. The average molecular weight is 283 g/mol. The second-order valence-corrected chi connectivity index (χ2v) is 8.81. The highest BCUT2D eigenvalue weighted by Gasteiger charge is 2.67. The standard InChI is InChI=1S/C20H29N/c1-14-13-21-11-10-18(2,3)20(5)17(21)12-15-8-6-7-9-16(15)19(14,20)4/h6-9,14,17H,10-13H2,1-5H3. The normalized spacial score (nSPS) is 46.8. The number of hydrogen-bond donors (Lipinski definition) is 0. The van der Waals surface area contributed by atoms with Crippen molar-refractivity contribution in [1.29, 1.82) is 0 Å². The summed E-state index contributed by atoms with van der Waals surface area (Å²) >= 11 is 0. The van der Waals surface area contributed by atoms with Crippen molar-refractivity contribution >= 4 is 0 Å². The SMILES string of the molecule is CC1CN2CCC(C)(C)C3(C)C2Cc2ccccc2C13C. The van der Waals surface area contributed by atoms with Gasteiger partial charge in [-0.15, -0.1) is 0 Å². The Morgan fingerprint density at radius 3 is 2.57 bits per heavy atom. The molecule has 5 atom stereocenters. The number of fused-ring (bicyclic) bond motifs is 2. The van der Waals surface area contributed by atoms with Gasteiger partial charge in [-0.3, -0.25) is 4.90 Å². The molecule has 2 aliphatic heterocycles. The molecule has 2 heterocycles. The third kappa shape index (κ3) is 1.37. The minimum absolute atomic E-state index is 0.299. The van der Waals surface area contributed by atoms with Crippen molar-refractivity contribution in [1.82, 2.24) is 4.90 Å². The van der Waals surface area contributed by atoms with E-state index in [0.29, 0.717) is 16.2 Å². The van der Waals surface area contributed by atoms with Gasteiger partial charge in [0.2, 0.25) is 0 Å². The van der Waals surface area contributed by atoms with Crippen LogP contribution in [-0.4, -0.2) is 24.0 Å². The third-order valence-electron chi connectivity index (χ3n) is 8.10. The van der Waals surface area contributed by atoms with Crippen LogP contribution in [0.15, 0.2) is 24.3 Å². The number of rotatable bonds is 0. The monoisotopic (exact) mass is 283 g/mol. The molecule has 1 heteroatoms. The van der Waals surface area contributed by atoms with Crippen LogP contribution in [0.1, 0.15) is 52.2 Å². The Morgan fingerprint density at radius 1 is 1.10 bits per heavy atom. The zero-order chi connectivity index (χ0) is 15.0. The summed E-state index contributed by atoms with van der Waals surface area (Å²) in [7, 11) is 0. The molecule has 0 amide bonds. The zero-order valence-corrected chi connectivity index (χ0v) is 14.2.